The van der Waals surface area contributed by atoms with Gasteiger partial charge in [0.25, 0.3) is 0 Å². The van der Waals surface area contributed by atoms with Crippen LogP contribution in [0.2, 0.25) is 0 Å². The zero-order chi connectivity index (χ0) is 13.0. The van der Waals surface area contributed by atoms with Crippen LogP contribution in [-0.4, -0.2) is 19.0 Å². The first-order valence-electron chi connectivity index (χ1n) is 6.13. The summed E-state index contributed by atoms with van der Waals surface area (Å²) in [6, 6.07) is 14.4. The second-order valence-corrected chi connectivity index (χ2v) is 4.40. The first-order valence-corrected chi connectivity index (χ1v) is 6.13. The molecule has 2 aromatic rings. The molecule has 0 spiro atoms. The van der Waals surface area contributed by atoms with Gasteiger partial charge in [-0.15, -0.1) is 0 Å². The van der Waals surface area contributed by atoms with E-state index in [9.17, 15) is 4.79 Å². The molecule has 0 fully saturated rings. The molecule has 0 aromatic heterocycles. The van der Waals surface area contributed by atoms with Crippen LogP contribution in [0.25, 0.3) is 10.8 Å². The Bertz CT molecular complexity index is 551. The fourth-order valence-electron chi connectivity index (χ4n) is 1.93. The van der Waals surface area contributed by atoms with Crippen LogP contribution in [0.4, 0.5) is 0 Å². The lowest BCUT2D eigenvalue weighted by Crippen LogP contribution is -2.40. The molecule has 0 aliphatic rings. The molecule has 3 nitrogen and oxygen atoms in total. The predicted octanol–water partition coefficient (Wildman–Crippen LogP) is 2.06. The van der Waals surface area contributed by atoms with Gasteiger partial charge in [0.1, 0.15) is 0 Å². The molecule has 0 saturated heterocycles. The zero-order valence-corrected chi connectivity index (χ0v) is 10.7. The average Bonchev–Trinajstić information content (AvgIpc) is 2.43. The largest absolute Gasteiger partial charge is 0.358 e. The van der Waals surface area contributed by atoms with Crippen molar-refractivity contribution in [1.82, 2.24) is 10.6 Å². The number of amides is 1. The summed E-state index contributed by atoms with van der Waals surface area (Å²) in [4.78, 5) is 11.4. The standard InChI is InChI=1S/C15H18N2O/c1-11(15(18)16-2)17-10-12-7-8-13-5-3-4-6-14(13)9-12/h3-9,11,17H,10H2,1-2H3,(H,16,18). The van der Waals surface area contributed by atoms with Crippen LogP contribution in [0.1, 0.15) is 12.5 Å². The Kier molecular flexibility index (Phi) is 3.95. The second kappa shape index (κ2) is 5.65. The van der Waals surface area contributed by atoms with Gasteiger partial charge in [-0.25, -0.2) is 0 Å². The Balaban J connectivity index is 2.06. The van der Waals surface area contributed by atoms with E-state index in [1.165, 1.54) is 16.3 Å². The smallest absolute Gasteiger partial charge is 0.236 e. The number of carbonyl (C=O) groups excluding carboxylic acids is 1. The first kappa shape index (κ1) is 12.6. The van der Waals surface area contributed by atoms with Gasteiger partial charge in [0.05, 0.1) is 6.04 Å². The highest BCUT2D eigenvalue weighted by Crippen LogP contribution is 2.15. The second-order valence-electron chi connectivity index (χ2n) is 4.40. The van der Waals surface area contributed by atoms with E-state index in [4.69, 9.17) is 0 Å². The molecule has 0 aliphatic carbocycles. The molecule has 94 valence electrons. The minimum absolute atomic E-state index is 0.00999. The van der Waals surface area contributed by atoms with Crippen molar-refractivity contribution in [3.05, 3.63) is 48.0 Å². The number of carbonyl (C=O) groups is 1. The summed E-state index contributed by atoms with van der Waals surface area (Å²) in [6.45, 7) is 2.55. The van der Waals surface area contributed by atoms with E-state index in [-0.39, 0.29) is 11.9 Å². The molecule has 0 aliphatic heterocycles. The van der Waals surface area contributed by atoms with Crippen LogP contribution >= 0.6 is 0 Å². The summed E-state index contributed by atoms with van der Waals surface area (Å²) in [6.07, 6.45) is 0. The van der Waals surface area contributed by atoms with Crippen LogP contribution in [0.3, 0.4) is 0 Å². The Labute approximate surface area is 107 Å². The molecule has 3 heteroatoms. The van der Waals surface area contributed by atoms with Gasteiger partial charge in [-0.05, 0) is 29.3 Å². The van der Waals surface area contributed by atoms with E-state index in [0.29, 0.717) is 6.54 Å². The Hall–Kier alpha value is -1.87. The van der Waals surface area contributed by atoms with Crippen molar-refractivity contribution in [1.29, 1.82) is 0 Å². The molecule has 1 atom stereocenters. The third kappa shape index (κ3) is 2.87. The maximum Gasteiger partial charge on any atom is 0.236 e. The van der Waals surface area contributed by atoms with Gasteiger partial charge in [0.2, 0.25) is 5.91 Å². The molecule has 2 rings (SSSR count). The van der Waals surface area contributed by atoms with Gasteiger partial charge in [0.15, 0.2) is 0 Å². The van der Waals surface area contributed by atoms with Gasteiger partial charge in [-0.3, -0.25) is 4.79 Å². The number of likely N-dealkylation sites (N-methyl/N-ethyl adjacent to an activating group) is 1. The van der Waals surface area contributed by atoms with Crippen LogP contribution in [-0.2, 0) is 11.3 Å². The monoisotopic (exact) mass is 242 g/mol. The molecule has 0 heterocycles. The molecular weight excluding hydrogens is 224 g/mol. The zero-order valence-electron chi connectivity index (χ0n) is 10.7. The molecule has 1 amide bonds. The van der Waals surface area contributed by atoms with E-state index in [1.54, 1.807) is 7.05 Å². The van der Waals surface area contributed by atoms with E-state index in [2.05, 4.69) is 41.0 Å². The third-order valence-electron chi connectivity index (χ3n) is 3.07. The number of benzene rings is 2. The highest BCUT2D eigenvalue weighted by Gasteiger charge is 2.09. The van der Waals surface area contributed by atoms with Gasteiger partial charge < -0.3 is 10.6 Å². The van der Waals surface area contributed by atoms with Crippen molar-refractivity contribution in [2.45, 2.75) is 19.5 Å². The predicted molar refractivity (Wildman–Crippen MR) is 74.3 cm³/mol. The van der Waals surface area contributed by atoms with Crippen molar-refractivity contribution in [3.8, 4) is 0 Å². The molecule has 0 bridgehead atoms. The van der Waals surface area contributed by atoms with Crippen molar-refractivity contribution >= 4 is 16.7 Å². The quantitative estimate of drug-likeness (QED) is 0.861. The number of hydrogen-bond acceptors (Lipinski definition) is 2. The van der Waals surface area contributed by atoms with E-state index >= 15 is 0 Å². The van der Waals surface area contributed by atoms with Gasteiger partial charge in [0, 0.05) is 13.6 Å². The Morgan fingerprint density at radius 3 is 2.61 bits per heavy atom. The summed E-state index contributed by atoms with van der Waals surface area (Å²) in [5.41, 5.74) is 1.18. The highest BCUT2D eigenvalue weighted by atomic mass is 16.2. The average molecular weight is 242 g/mol. The van der Waals surface area contributed by atoms with Crippen molar-refractivity contribution < 1.29 is 4.79 Å². The fraction of sp³-hybridized carbons (Fsp3) is 0.267. The summed E-state index contributed by atoms with van der Waals surface area (Å²) in [7, 11) is 1.65. The van der Waals surface area contributed by atoms with Gasteiger partial charge >= 0.3 is 0 Å². The van der Waals surface area contributed by atoms with Crippen LogP contribution in [0.5, 0.6) is 0 Å². The number of nitrogens with one attached hydrogen (secondary N) is 2. The molecule has 2 N–H and O–H groups in total. The van der Waals surface area contributed by atoms with Gasteiger partial charge in [-0.2, -0.15) is 0 Å². The minimum atomic E-state index is -0.179. The topological polar surface area (TPSA) is 41.1 Å². The Morgan fingerprint density at radius 2 is 1.89 bits per heavy atom. The van der Waals surface area contributed by atoms with Gasteiger partial charge in [-0.1, -0.05) is 36.4 Å². The van der Waals surface area contributed by atoms with E-state index in [0.717, 1.165) is 0 Å². The number of rotatable bonds is 4. The van der Waals surface area contributed by atoms with E-state index < -0.39 is 0 Å². The normalized spacial score (nSPS) is 12.3. The molecule has 1 unspecified atom stereocenters. The minimum Gasteiger partial charge on any atom is -0.358 e. The number of hydrogen-bond donors (Lipinski definition) is 2. The highest BCUT2D eigenvalue weighted by molar-refractivity contribution is 5.83. The Morgan fingerprint density at radius 1 is 1.17 bits per heavy atom. The van der Waals surface area contributed by atoms with E-state index in [1.807, 2.05) is 19.1 Å². The van der Waals surface area contributed by atoms with Crippen molar-refractivity contribution in [3.63, 3.8) is 0 Å². The van der Waals surface area contributed by atoms with Crippen LogP contribution in [0, 0.1) is 0 Å². The fourth-order valence-corrected chi connectivity index (χ4v) is 1.93. The summed E-state index contributed by atoms with van der Waals surface area (Å²) in [5.74, 6) is 0.00999. The summed E-state index contributed by atoms with van der Waals surface area (Å²) in [5, 5.41) is 8.29. The van der Waals surface area contributed by atoms with Crippen LogP contribution in [0.15, 0.2) is 42.5 Å². The molecule has 0 radical (unpaired) electrons. The molecular formula is C15H18N2O. The van der Waals surface area contributed by atoms with Crippen molar-refractivity contribution in [2.24, 2.45) is 0 Å². The summed E-state index contributed by atoms with van der Waals surface area (Å²) < 4.78 is 0. The maximum absolute atomic E-state index is 11.4. The lowest BCUT2D eigenvalue weighted by molar-refractivity contribution is -0.122. The van der Waals surface area contributed by atoms with Crippen molar-refractivity contribution in [2.75, 3.05) is 7.05 Å². The molecule has 18 heavy (non-hydrogen) atoms. The number of fused-ring (bicyclic) bond motifs is 1. The lowest BCUT2D eigenvalue weighted by Gasteiger charge is -2.12. The molecule has 2 aromatic carbocycles. The molecule has 0 saturated carbocycles. The maximum atomic E-state index is 11.4. The lowest BCUT2D eigenvalue weighted by atomic mass is 10.1. The SMILES string of the molecule is CNC(=O)C(C)NCc1ccc2ccccc2c1. The first-order chi connectivity index (χ1) is 8.70. The third-order valence-corrected chi connectivity index (χ3v) is 3.07. The van der Waals surface area contributed by atoms with Crippen LogP contribution < -0.4 is 10.6 Å². The summed E-state index contributed by atoms with van der Waals surface area (Å²) >= 11 is 0.